The molecule has 1 aliphatic rings. The van der Waals surface area contributed by atoms with Crippen LogP contribution in [0.15, 0.2) is 4.99 Å². The molecule has 0 spiro atoms. The monoisotopic (exact) mass is 465 g/mol. The third-order valence-corrected chi connectivity index (χ3v) is 3.55. The molecule has 10 heteroatoms. The van der Waals surface area contributed by atoms with E-state index in [1.54, 1.807) is 6.92 Å². The van der Waals surface area contributed by atoms with Crippen molar-refractivity contribution < 1.29 is 18.0 Å². The van der Waals surface area contributed by atoms with E-state index in [0.29, 0.717) is 19.0 Å². The fourth-order valence-electron chi connectivity index (χ4n) is 2.26. The first kappa shape index (κ1) is 23.2. The summed E-state index contributed by atoms with van der Waals surface area (Å²) in [5, 5.41) is 5.97. The van der Waals surface area contributed by atoms with Crippen LogP contribution >= 0.6 is 24.0 Å². The maximum Gasteiger partial charge on any atom is 0.390 e. The Hall–Kier alpha value is -0.780. The van der Waals surface area contributed by atoms with Crippen LogP contribution in [0.25, 0.3) is 0 Å². The average molecular weight is 465 g/mol. The molecule has 0 bridgehead atoms. The van der Waals surface area contributed by atoms with Crippen LogP contribution in [0.1, 0.15) is 20.3 Å². The number of piperazine rings is 1. The molecule has 0 radical (unpaired) electrons. The highest BCUT2D eigenvalue weighted by atomic mass is 127. The number of carbonyl (C=O) groups is 1. The first-order valence-corrected chi connectivity index (χ1v) is 7.88. The van der Waals surface area contributed by atoms with Gasteiger partial charge in [0.05, 0.1) is 13.0 Å². The van der Waals surface area contributed by atoms with E-state index >= 15 is 0 Å². The number of hydrogen-bond donors (Lipinski definition) is 2. The van der Waals surface area contributed by atoms with Gasteiger partial charge >= 0.3 is 6.18 Å². The van der Waals surface area contributed by atoms with Crippen molar-refractivity contribution >= 4 is 35.8 Å². The number of rotatable bonds is 6. The summed E-state index contributed by atoms with van der Waals surface area (Å²) in [5.74, 6) is 0.494. The number of guanidine groups is 1. The Morgan fingerprint density at radius 3 is 2.29 bits per heavy atom. The smallest absolute Gasteiger partial charge is 0.357 e. The molecule has 0 aliphatic carbocycles. The molecule has 6 nitrogen and oxygen atoms in total. The lowest BCUT2D eigenvalue weighted by Gasteiger charge is -2.34. The predicted octanol–water partition coefficient (Wildman–Crippen LogP) is 1.28. The van der Waals surface area contributed by atoms with Crippen LogP contribution in [0.5, 0.6) is 0 Å². The molecule has 0 aromatic heterocycles. The third-order valence-electron chi connectivity index (χ3n) is 3.55. The lowest BCUT2D eigenvalue weighted by Crippen LogP contribution is -2.50. The number of alkyl halides is 3. The van der Waals surface area contributed by atoms with E-state index < -0.39 is 12.6 Å². The molecule has 1 rings (SSSR count). The van der Waals surface area contributed by atoms with E-state index in [4.69, 9.17) is 0 Å². The summed E-state index contributed by atoms with van der Waals surface area (Å²) < 4.78 is 36.4. The van der Waals surface area contributed by atoms with Gasteiger partial charge in [-0.25, -0.2) is 0 Å². The quantitative estimate of drug-likeness (QED) is 0.353. The molecule has 142 valence electrons. The highest BCUT2D eigenvalue weighted by Crippen LogP contribution is 2.18. The van der Waals surface area contributed by atoms with Gasteiger partial charge in [-0.1, -0.05) is 0 Å². The van der Waals surface area contributed by atoms with Crippen LogP contribution in [0, 0.1) is 0 Å². The van der Waals surface area contributed by atoms with Crippen LogP contribution in [-0.4, -0.2) is 80.2 Å². The lowest BCUT2D eigenvalue weighted by molar-refractivity contribution is -0.132. The van der Waals surface area contributed by atoms with E-state index in [0.717, 1.165) is 32.7 Å². The van der Waals surface area contributed by atoms with Crippen molar-refractivity contribution in [3.63, 3.8) is 0 Å². The zero-order valence-corrected chi connectivity index (χ0v) is 16.5. The van der Waals surface area contributed by atoms with Gasteiger partial charge in [0.15, 0.2) is 5.96 Å². The molecular formula is C14H27F3IN5O. The van der Waals surface area contributed by atoms with Crippen molar-refractivity contribution in [2.24, 2.45) is 4.99 Å². The second-order valence-electron chi connectivity index (χ2n) is 5.40. The molecule has 1 saturated heterocycles. The van der Waals surface area contributed by atoms with Gasteiger partial charge in [-0.05, 0) is 6.92 Å². The fraction of sp³-hybridized carbons (Fsp3) is 0.857. The van der Waals surface area contributed by atoms with E-state index in [2.05, 4.69) is 20.5 Å². The van der Waals surface area contributed by atoms with Crippen LogP contribution in [0.3, 0.4) is 0 Å². The number of carbonyl (C=O) groups excluding carboxylic acids is 1. The zero-order valence-electron chi connectivity index (χ0n) is 14.2. The van der Waals surface area contributed by atoms with E-state index in [1.165, 1.54) is 0 Å². The second kappa shape index (κ2) is 11.7. The van der Waals surface area contributed by atoms with Crippen molar-refractivity contribution in [3.05, 3.63) is 0 Å². The fourth-order valence-corrected chi connectivity index (χ4v) is 2.26. The molecule has 24 heavy (non-hydrogen) atoms. The molecule has 0 saturated carbocycles. The Morgan fingerprint density at radius 2 is 1.79 bits per heavy atom. The minimum atomic E-state index is -4.18. The summed E-state index contributed by atoms with van der Waals surface area (Å²) in [6.07, 6.45) is -5.10. The minimum absolute atomic E-state index is 0. The molecule has 1 fully saturated rings. The van der Waals surface area contributed by atoms with Gasteiger partial charge in [0.1, 0.15) is 0 Å². The SMILES string of the molecule is CCNC(=NCCC(F)(F)F)NCCN1CCN(C(C)=O)CC1.I. The van der Waals surface area contributed by atoms with Crippen molar-refractivity contribution in [3.8, 4) is 0 Å². The Balaban J connectivity index is 0.00000529. The number of aliphatic imine (C=N–C) groups is 1. The van der Waals surface area contributed by atoms with Crippen LogP contribution in [-0.2, 0) is 4.79 Å². The Kier molecular flexibility index (Phi) is 11.3. The Bertz CT molecular complexity index is 398. The number of hydrogen-bond acceptors (Lipinski definition) is 3. The maximum atomic E-state index is 12.1. The van der Waals surface area contributed by atoms with Crippen LogP contribution < -0.4 is 10.6 Å². The zero-order chi connectivity index (χ0) is 17.3. The number of nitrogens with zero attached hydrogens (tertiary/aromatic N) is 3. The molecule has 1 heterocycles. The number of halogens is 4. The van der Waals surface area contributed by atoms with Crippen LogP contribution in [0.4, 0.5) is 13.2 Å². The van der Waals surface area contributed by atoms with E-state index in [9.17, 15) is 18.0 Å². The molecular weight excluding hydrogens is 438 g/mol. The summed E-state index contributed by atoms with van der Waals surface area (Å²) in [6, 6.07) is 0. The van der Waals surface area contributed by atoms with Crippen molar-refractivity contribution in [2.45, 2.75) is 26.4 Å². The molecule has 0 aromatic carbocycles. The van der Waals surface area contributed by atoms with Crippen molar-refractivity contribution in [1.29, 1.82) is 0 Å². The van der Waals surface area contributed by atoms with Gasteiger partial charge in [0, 0.05) is 52.7 Å². The normalized spacial score (nSPS) is 16.5. The summed E-state index contributed by atoms with van der Waals surface area (Å²) in [4.78, 5) is 19.2. The van der Waals surface area contributed by atoms with Gasteiger partial charge in [0.2, 0.25) is 5.91 Å². The highest BCUT2D eigenvalue weighted by Gasteiger charge is 2.26. The maximum absolute atomic E-state index is 12.1. The summed E-state index contributed by atoms with van der Waals surface area (Å²) in [5.41, 5.74) is 0. The third kappa shape index (κ3) is 10.2. The summed E-state index contributed by atoms with van der Waals surface area (Å²) in [6.45, 7) is 8.15. The van der Waals surface area contributed by atoms with Crippen molar-refractivity contribution in [1.82, 2.24) is 20.4 Å². The van der Waals surface area contributed by atoms with Crippen molar-refractivity contribution in [2.75, 3.05) is 52.4 Å². The molecule has 1 aliphatic heterocycles. The number of nitrogens with one attached hydrogen (secondary N) is 2. The second-order valence-corrected chi connectivity index (χ2v) is 5.40. The first-order chi connectivity index (χ1) is 10.8. The molecule has 2 N–H and O–H groups in total. The van der Waals surface area contributed by atoms with Gasteiger partial charge in [0.25, 0.3) is 0 Å². The predicted molar refractivity (Wildman–Crippen MR) is 98.8 cm³/mol. The Morgan fingerprint density at radius 1 is 1.17 bits per heavy atom. The first-order valence-electron chi connectivity index (χ1n) is 7.88. The van der Waals surface area contributed by atoms with Gasteiger partial charge in [-0.2, -0.15) is 13.2 Å². The summed E-state index contributed by atoms with van der Waals surface area (Å²) in [7, 11) is 0. The van der Waals surface area contributed by atoms with E-state index in [-0.39, 0.29) is 36.4 Å². The topological polar surface area (TPSA) is 60.0 Å². The van der Waals surface area contributed by atoms with Crippen LogP contribution in [0.2, 0.25) is 0 Å². The minimum Gasteiger partial charge on any atom is -0.357 e. The number of amides is 1. The lowest BCUT2D eigenvalue weighted by atomic mass is 10.3. The molecule has 0 unspecified atom stereocenters. The van der Waals surface area contributed by atoms with Gasteiger partial charge < -0.3 is 15.5 Å². The molecule has 0 atom stereocenters. The highest BCUT2D eigenvalue weighted by molar-refractivity contribution is 14.0. The molecule has 0 aromatic rings. The Labute approximate surface area is 158 Å². The van der Waals surface area contributed by atoms with Gasteiger partial charge in [-0.3, -0.25) is 14.7 Å². The standard InChI is InChI=1S/C14H26F3N5O.HI/c1-3-18-13(19-5-4-14(15,16)17)20-6-7-21-8-10-22(11-9-21)12(2)23;/h3-11H2,1-2H3,(H2,18,19,20);1H. The van der Waals surface area contributed by atoms with Gasteiger partial charge in [-0.15, -0.1) is 24.0 Å². The molecule has 1 amide bonds. The largest absolute Gasteiger partial charge is 0.390 e. The summed E-state index contributed by atoms with van der Waals surface area (Å²) >= 11 is 0. The average Bonchev–Trinajstić information content (AvgIpc) is 2.46. The van der Waals surface area contributed by atoms with E-state index in [1.807, 2.05) is 11.8 Å².